The highest BCUT2D eigenvalue weighted by Crippen LogP contribution is 2.47. The van der Waals surface area contributed by atoms with E-state index in [0.717, 1.165) is 194 Å². The number of carbonyl (C=O) groups is 5. The number of aryl methyl sites for hydroxylation is 4. The lowest BCUT2D eigenvalue weighted by Crippen LogP contribution is -2.49. The molecule has 24 nitrogen and oxygen atoms in total. The molecule has 0 spiro atoms. The standard InChI is InChI=1S/C26H36N4O3S.C26H36N4O2S.C26H36N4OS.C21H25N3O3/c1-18-17-27-23(28-18)24(31)29-22-7-6-20(16-21(22)19-8-10-25(2,3)11-9-19)26(4,5)30-12-14-34(32,33)15-13-30;1-18-17-27-23(28-18)24(31)29-22-7-6-20(26(4,5)30-12-14-33(32)15-13-30)16-21(22)19-8-10-25(2,3)11-9-19;1-18-17-27-23(28-18)24(31)29-22-7-6-20(26(4,5)30-12-14-32-15-13-30)16-21(22)19-8-10-25(2,3)11-9-19;1-13-12-22-18(23-13)19(25)24-17-10-9-15(21(2,3)20(26)27)11-16(17)14-7-5-4-6-8-14/h6-8,16-17H,9-15H2,1-5H3,(H,27,28)(H,29,31);6-8,16-17H,9-15H2,1-5H3,(H,27,28)(H,29,31);6-8,16-17H,9-15H2,1-5H3,(H,27,28)(H,29,31);7,9-12H,4-6,8H2,1-3H3,(H,22,23)(H,24,25)(H,26,27). The van der Waals surface area contributed by atoms with Crippen molar-refractivity contribution in [2.24, 2.45) is 16.2 Å². The topological polar surface area (TPSA) is 329 Å². The molecular formula is C99H133N15O9S3. The molecule has 126 heavy (non-hydrogen) atoms. The van der Waals surface area contributed by atoms with Gasteiger partial charge in [-0.15, -0.1) is 0 Å². The summed E-state index contributed by atoms with van der Waals surface area (Å²) < 4.78 is 35.8. The third-order valence-electron chi connectivity index (χ3n) is 26.6. The van der Waals surface area contributed by atoms with Gasteiger partial charge in [-0.3, -0.25) is 42.9 Å². The van der Waals surface area contributed by atoms with Crippen LogP contribution < -0.4 is 21.3 Å². The molecular weight excluding hydrogens is 1640 g/mol. The summed E-state index contributed by atoms with van der Waals surface area (Å²) in [5, 5.41) is 21.8. The Balaban J connectivity index is 0.000000153. The SMILES string of the molecule is Cc1cnc(C(=O)Nc2ccc(C(C)(C)C(=O)O)cc2C2=CCCCC2)[nH]1.Cc1cnc(C(=O)Nc2ccc(C(C)(C)N3CCS(=O)(=O)CC3)cc2C2=CCC(C)(C)CC2)[nH]1.Cc1cnc(C(=O)Nc2ccc(C(C)(C)N3CCS(=O)CC3)cc2C2=CCC(C)(C)CC2)[nH]1.Cc1cnc(C(=O)Nc2ccc(C(C)(C)N3CCSCC3)cc2C2=CCC(C)(C)CC2)[nH]1. The van der Waals surface area contributed by atoms with E-state index in [4.69, 9.17) is 0 Å². The fourth-order valence-electron chi connectivity index (χ4n) is 17.4. The Labute approximate surface area is 752 Å². The molecule has 27 heteroatoms. The minimum atomic E-state index is -2.95. The lowest BCUT2D eigenvalue weighted by atomic mass is 9.76. The van der Waals surface area contributed by atoms with Crippen molar-refractivity contribution < 1.29 is 41.7 Å². The summed E-state index contributed by atoms with van der Waals surface area (Å²) in [5.74, 6) is 3.56. The van der Waals surface area contributed by atoms with Crippen LogP contribution in [0.25, 0.3) is 22.3 Å². The van der Waals surface area contributed by atoms with Gasteiger partial charge in [0.15, 0.2) is 33.1 Å². The van der Waals surface area contributed by atoms with Crippen LogP contribution in [0.3, 0.4) is 0 Å². The van der Waals surface area contributed by atoms with Gasteiger partial charge in [-0.2, -0.15) is 11.8 Å². The van der Waals surface area contributed by atoms with E-state index in [1.54, 1.807) is 50.8 Å². The van der Waals surface area contributed by atoms with E-state index >= 15 is 0 Å². The van der Waals surface area contributed by atoms with Crippen molar-refractivity contribution in [3.63, 3.8) is 0 Å². The van der Waals surface area contributed by atoms with E-state index in [2.05, 4.69) is 220 Å². The number of hydrogen-bond acceptors (Lipinski definition) is 16. The molecule has 3 aliphatic heterocycles. The highest BCUT2D eigenvalue weighted by Gasteiger charge is 2.39. The van der Waals surface area contributed by atoms with Gasteiger partial charge >= 0.3 is 5.97 Å². The number of carboxylic acid groups (broad SMARTS) is 1. The number of carboxylic acids is 1. The van der Waals surface area contributed by atoms with Crippen molar-refractivity contribution in [3.8, 4) is 0 Å². The minimum absolute atomic E-state index is 0.0507. The molecule has 676 valence electrons. The second-order valence-corrected chi connectivity index (χ2v) is 44.7. The van der Waals surface area contributed by atoms with Crippen molar-refractivity contribution in [2.75, 3.05) is 95.1 Å². The van der Waals surface area contributed by atoms with Crippen molar-refractivity contribution >= 4 is 107 Å². The molecule has 8 aromatic rings. The number of imidazole rings is 4. The van der Waals surface area contributed by atoms with Gasteiger partial charge < -0.3 is 46.3 Å². The molecule has 4 aromatic carbocycles. The van der Waals surface area contributed by atoms with Crippen LogP contribution in [0, 0.1) is 43.9 Å². The Bertz CT molecular complexity index is 5580. The van der Waals surface area contributed by atoms with E-state index in [9.17, 15) is 41.7 Å². The molecule has 0 unspecified atom stereocenters. The number of anilines is 4. The normalized spacial score (nSPS) is 18.8. The van der Waals surface area contributed by atoms with E-state index in [1.807, 2.05) is 63.7 Å². The van der Waals surface area contributed by atoms with Crippen LogP contribution >= 0.6 is 11.8 Å². The van der Waals surface area contributed by atoms with Gasteiger partial charge in [-0.25, -0.2) is 28.4 Å². The Morgan fingerprint density at radius 1 is 0.429 bits per heavy atom. The molecule has 3 saturated heterocycles. The number of benzene rings is 4. The van der Waals surface area contributed by atoms with Crippen LogP contribution in [0.15, 0.2) is 122 Å². The van der Waals surface area contributed by atoms with Gasteiger partial charge in [0, 0.05) is 182 Å². The Morgan fingerprint density at radius 2 is 0.730 bits per heavy atom. The molecule has 0 atom stereocenters. The third kappa shape index (κ3) is 23.8. The van der Waals surface area contributed by atoms with Crippen LogP contribution in [0.1, 0.15) is 290 Å². The van der Waals surface area contributed by atoms with Gasteiger partial charge in [0.1, 0.15) is 0 Å². The number of thioether (sulfide) groups is 1. The highest BCUT2D eigenvalue weighted by atomic mass is 32.2. The van der Waals surface area contributed by atoms with Crippen molar-refractivity contribution in [1.29, 1.82) is 0 Å². The van der Waals surface area contributed by atoms with Crippen LogP contribution in [0.2, 0.25) is 0 Å². The number of aliphatic carboxylic acids is 1. The number of amides is 4. The Kier molecular flexibility index (Phi) is 30.0. The quantitative estimate of drug-likeness (QED) is 0.0342. The van der Waals surface area contributed by atoms with Crippen LogP contribution in [-0.4, -0.2) is 176 Å². The molecule has 0 bridgehead atoms. The number of nitrogens with zero attached hydrogens (tertiary/aromatic N) is 7. The average Bonchev–Trinajstić information content (AvgIpc) is 0.936. The Hall–Kier alpha value is -9.64. The predicted octanol–water partition coefficient (Wildman–Crippen LogP) is 19.5. The molecule has 4 amide bonds. The van der Waals surface area contributed by atoms with Crippen molar-refractivity contribution in [2.45, 2.75) is 230 Å². The monoisotopic (exact) mass is 1770 g/mol. The number of aromatic amines is 4. The lowest BCUT2D eigenvalue weighted by molar-refractivity contribution is -0.142. The van der Waals surface area contributed by atoms with Crippen LogP contribution in [-0.2, 0) is 47.5 Å². The van der Waals surface area contributed by atoms with Gasteiger partial charge in [0.25, 0.3) is 23.6 Å². The van der Waals surface area contributed by atoms with E-state index < -0.39 is 32.0 Å². The molecule has 0 radical (unpaired) electrons. The summed E-state index contributed by atoms with van der Waals surface area (Å²) in [5.41, 5.74) is 19.3. The molecule has 9 N–H and O–H groups in total. The highest BCUT2D eigenvalue weighted by molar-refractivity contribution is 7.99. The number of H-pyrrole nitrogens is 4. The zero-order valence-electron chi connectivity index (χ0n) is 77.3. The minimum Gasteiger partial charge on any atom is -0.481 e. The number of allylic oxidation sites excluding steroid dienone is 8. The summed E-state index contributed by atoms with van der Waals surface area (Å²) in [6, 6.07) is 24.6. The summed E-state index contributed by atoms with van der Waals surface area (Å²) in [6.07, 6.45) is 29.3. The van der Waals surface area contributed by atoms with Gasteiger partial charge in [0.2, 0.25) is 0 Å². The summed E-state index contributed by atoms with van der Waals surface area (Å²) in [4.78, 5) is 98.7. The molecule has 4 aromatic heterocycles. The van der Waals surface area contributed by atoms with E-state index in [-0.39, 0.29) is 63.0 Å². The predicted molar refractivity (Wildman–Crippen MR) is 512 cm³/mol. The first kappa shape index (κ1) is 95.5. The van der Waals surface area contributed by atoms with Gasteiger partial charge in [0.05, 0.1) is 16.9 Å². The van der Waals surface area contributed by atoms with Gasteiger partial charge in [-0.1, -0.05) is 90.1 Å². The molecule has 4 aliphatic carbocycles. The fraction of sp³-hybridized carbons (Fsp3) is 0.505. The second-order valence-electron chi connectivity index (χ2n) is 39.5. The Morgan fingerprint density at radius 3 is 1.02 bits per heavy atom. The summed E-state index contributed by atoms with van der Waals surface area (Å²) >= 11 is 2.04. The smallest absolute Gasteiger partial charge is 0.313 e. The van der Waals surface area contributed by atoms with E-state index in [0.29, 0.717) is 52.6 Å². The zero-order chi connectivity index (χ0) is 91.1. The van der Waals surface area contributed by atoms with Gasteiger partial charge in [-0.05, 0) is 276 Å². The average molecular weight is 1770 g/mol. The number of nitrogens with one attached hydrogen (secondary N) is 8. The maximum absolute atomic E-state index is 12.9. The van der Waals surface area contributed by atoms with Crippen molar-refractivity contribution in [1.82, 2.24) is 54.6 Å². The lowest BCUT2D eigenvalue weighted by Gasteiger charge is -2.41. The molecule has 7 heterocycles. The number of carbonyl (C=O) groups excluding carboxylic acids is 4. The number of hydrogen-bond donors (Lipinski definition) is 9. The molecule has 3 fully saturated rings. The summed E-state index contributed by atoms with van der Waals surface area (Å²) in [7, 11) is -3.65. The van der Waals surface area contributed by atoms with Crippen LogP contribution in [0.4, 0.5) is 22.7 Å². The maximum atomic E-state index is 12.9. The second kappa shape index (κ2) is 39.5. The van der Waals surface area contributed by atoms with Crippen LogP contribution in [0.5, 0.6) is 0 Å². The number of aromatic nitrogens is 8. The van der Waals surface area contributed by atoms with E-state index in [1.165, 1.54) is 39.4 Å². The third-order valence-corrected chi connectivity index (χ3v) is 30.4. The first-order chi connectivity index (χ1) is 59.4. The molecule has 7 aliphatic rings. The largest absolute Gasteiger partial charge is 0.481 e. The molecule has 0 saturated carbocycles. The first-order valence-electron chi connectivity index (χ1n) is 44.7. The zero-order valence-corrected chi connectivity index (χ0v) is 79.7. The number of sulfone groups is 1. The maximum Gasteiger partial charge on any atom is 0.313 e. The van der Waals surface area contributed by atoms with Crippen molar-refractivity contribution in [3.05, 3.63) is 212 Å². The molecule has 15 rings (SSSR count). The summed E-state index contributed by atoms with van der Waals surface area (Å²) in [6.45, 7) is 43.1. The fourth-order valence-corrected chi connectivity index (χ4v) is 20.5. The number of rotatable bonds is 20. The first-order valence-corrected chi connectivity index (χ1v) is 49.1.